The van der Waals surface area contributed by atoms with E-state index in [-0.39, 0.29) is 11.3 Å². The fourth-order valence-electron chi connectivity index (χ4n) is 3.83. The molecule has 0 radical (unpaired) electrons. The Morgan fingerprint density at radius 1 is 0.912 bits per heavy atom. The van der Waals surface area contributed by atoms with Crippen molar-refractivity contribution in [3.63, 3.8) is 0 Å². The minimum Gasteiger partial charge on any atom is -0.265 e. The summed E-state index contributed by atoms with van der Waals surface area (Å²) in [6.45, 7) is 2.00. The van der Waals surface area contributed by atoms with Crippen molar-refractivity contribution < 1.29 is 9.18 Å². The maximum Gasteiger partial charge on any atom is 0.291 e. The molecule has 0 aliphatic carbocycles. The molecule has 1 heterocycles. The van der Waals surface area contributed by atoms with Crippen molar-refractivity contribution >= 4 is 22.9 Å². The molecule has 0 fully saturated rings. The summed E-state index contributed by atoms with van der Waals surface area (Å²) in [6, 6.07) is 30.1. The molecule has 6 heteroatoms. The van der Waals surface area contributed by atoms with Crippen LogP contribution in [0.2, 0.25) is 0 Å². The number of benzene rings is 4. The molecule has 5 aromatic rings. The summed E-state index contributed by atoms with van der Waals surface area (Å²) in [4.78, 5) is 12.9. The molecule has 4 aromatic carbocycles. The van der Waals surface area contributed by atoms with Gasteiger partial charge in [-0.3, -0.25) is 4.79 Å². The third kappa shape index (κ3) is 4.21. The van der Waals surface area contributed by atoms with Crippen molar-refractivity contribution in [3.8, 4) is 16.9 Å². The Labute approximate surface area is 196 Å². The van der Waals surface area contributed by atoms with Crippen LogP contribution in [0, 0.1) is 12.7 Å². The fraction of sp³-hybridized carbons (Fsp3) is 0.0357. The Morgan fingerprint density at radius 3 is 2.47 bits per heavy atom. The molecule has 34 heavy (non-hydrogen) atoms. The first kappa shape index (κ1) is 21.3. The molecule has 5 nitrogen and oxygen atoms in total. The van der Waals surface area contributed by atoms with Gasteiger partial charge in [0.05, 0.1) is 17.6 Å². The third-order valence-corrected chi connectivity index (χ3v) is 5.61. The van der Waals surface area contributed by atoms with Crippen LogP contribution >= 0.6 is 0 Å². The van der Waals surface area contributed by atoms with Crippen LogP contribution in [0.5, 0.6) is 0 Å². The number of nitrogens with one attached hydrogen (secondary N) is 1. The van der Waals surface area contributed by atoms with Crippen LogP contribution in [-0.2, 0) is 0 Å². The van der Waals surface area contributed by atoms with Crippen LogP contribution in [0.4, 0.5) is 4.39 Å². The van der Waals surface area contributed by atoms with Gasteiger partial charge in [-0.05, 0) is 47.5 Å². The van der Waals surface area contributed by atoms with E-state index < -0.39 is 11.7 Å². The lowest BCUT2D eigenvalue weighted by atomic mass is 10.0. The summed E-state index contributed by atoms with van der Waals surface area (Å²) in [5.74, 6) is -0.898. The van der Waals surface area contributed by atoms with Crippen molar-refractivity contribution in [2.24, 2.45) is 5.10 Å². The Bertz CT molecular complexity index is 1540. The van der Waals surface area contributed by atoms with Gasteiger partial charge in [0.2, 0.25) is 0 Å². The normalized spacial score (nSPS) is 11.2. The van der Waals surface area contributed by atoms with Crippen molar-refractivity contribution in [3.05, 3.63) is 120 Å². The molecule has 0 spiro atoms. The summed E-state index contributed by atoms with van der Waals surface area (Å²) in [6.07, 6.45) is 1.27. The van der Waals surface area contributed by atoms with Gasteiger partial charge in [0.15, 0.2) is 5.69 Å². The lowest BCUT2D eigenvalue weighted by Gasteiger charge is -2.11. The summed E-state index contributed by atoms with van der Waals surface area (Å²) >= 11 is 0. The molecule has 5 rings (SSSR count). The van der Waals surface area contributed by atoms with Gasteiger partial charge in [0.25, 0.3) is 5.91 Å². The van der Waals surface area contributed by atoms with Gasteiger partial charge >= 0.3 is 0 Å². The van der Waals surface area contributed by atoms with Crippen LogP contribution in [-0.4, -0.2) is 21.9 Å². The second kappa shape index (κ2) is 9.11. The number of aryl methyl sites for hydroxylation is 1. The number of hydrazone groups is 1. The highest BCUT2D eigenvalue weighted by Crippen LogP contribution is 2.28. The number of para-hydroxylation sites is 1. The number of carbonyl (C=O) groups excluding carboxylic acids is 1. The van der Waals surface area contributed by atoms with Crippen molar-refractivity contribution in [1.29, 1.82) is 0 Å². The molecule has 0 atom stereocenters. The maximum atomic E-state index is 13.8. The van der Waals surface area contributed by atoms with Gasteiger partial charge in [0, 0.05) is 11.1 Å². The molecule has 166 valence electrons. The van der Waals surface area contributed by atoms with E-state index in [0.717, 1.165) is 33.3 Å². The highest BCUT2D eigenvalue weighted by Gasteiger charge is 2.18. The number of halogens is 1. The molecule has 0 saturated carbocycles. The second-order valence-corrected chi connectivity index (χ2v) is 7.90. The summed E-state index contributed by atoms with van der Waals surface area (Å²) < 4.78 is 15.6. The molecule has 0 unspecified atom stereocenters. The predicted octanol–water partition coefficient (Wildman–Crippen LogP) is 5.90. The van der Waals surface area contributed by atoms with Gasteiger partial charge in [-0.2, -0.15) is 10.2 Å². The van der Waals surface area contributed by atoms with E-state index in [1.807, 2.05) is 49.4 Å². The third-order valence-electron chi connectivity index (χ3n) is 5.61. The van der Waals surface area contributed by atoms with E-state index in [0.29, 0.717) is 0 Å². The zero-order chi connectivity index (χ0) is 23.5. The van der Waals surface area contributed by atoms with E-state index >= 15 is 0 Å². The average Bonchev–Trinajstić information content (AvgIpc) is 3.30. The zero-order valence-corrected chi connectivity index (χ0v) is 18.4. The van der Waals surface area contributed by atoms with E-state index in [4.69, 9.17) is 0 Å². The minimum absolute atomic E-state index is 0.206. The SMILES string of the molecule is Cc1ccccc1-n1nc(C(=O)N/N=C\c2ccccc2F)cc1-c1ccc2ccccc2c1. The summed E-state index contributed by atoms with van der Waals surface area (Å²) in [5.41, 5.74) is 6.55. The number of carbonyl (C=O) groups is 1. The lowest BCUT2D eigenvalue weighted by molar-refractivity contribution is 0.0949. The Hall–Kier alpha value is -4.58. The van der Waals surface area contributed by atoms with Gasteiger partial charge in [0.1, 0.15) is 5.82 Å². The first-order valence-electron chi connectivity index (χ1n) is 10.8. The largest absolute Gasteiger partial charge is 0.291 e. The van der Waals surface area contributed by atoms with Crippen LogP contribution in [0.25, 0.3) is 27.7 Å². The van der Waals surface area contributed by atoms with Gasteiger partial charge in [-0.1, -0.05) is 72.8 Å². The number of amides is 1. The zero-order valence-electron chi connectivity index (χ0n) is 18.4. The van der Waals surface area contributed by atoms with Gasteiger partial charge < -0.3 is 0 Å². The molecule has 0 bridgehead atoms. The molecular weight excluding hydrogens is 427 g/mol. The fourth-order valence-corrected chi connectivity index (χ4v) is 3.83. The van der Waals surface area contributed by atoms with Crippen LogP contribution in [0.1, 0.15) is 21.6 Å². The smallest absolute Gasteiger partial charge is 0.265 e. The molecule has 0 saturated heterocycles. The first-order chi connectivity index (χ1) is 16.6. The molecule has 1 N–H and O–H groups in total. The lowest BCUT2D eigenvalue weighted by Crippen LogP contribution is -2.18. The average molecular weight is 449 g/mol. The highest BCUT2D eigenvalue weighted by atomic mass is 19.1. The van der Waals surface area contributed by atoms with E-state index in [2.05, 4.69) is 39.9 Å². The van der Waals surface area contributed by atoms with E-state index in [9.17, 15) is 9.18 Å². The number of hydrogen-bond acceptors (Lipinski definition) is 3. The number of rotatable bonds is 5. The van der Waals surface area contributed by atoms with Crippen LogP contribution < -0.4 is 5.43 Å². The minimum atomic E-state index is -0.484. The summed E-state index contributed by atoms with van der Waals surface area (Å²) in [5, 5.41) is 10.7. The van der Waals surface area contributed by atoms with Crippen LogP contribution in [0.3, 0.4) is 0 Å². The Kier molecular flexibility index (Phi) is 5.70. The molecule has 0 aliphatic heterocycles. The predicted molar refractivity (Wildman–Crippen MR) is 133 cm³/mol. The molecular formula is C28H21FN4O. The number of nitrogens with zero attached hydrogens (tertiary/aromatic N) is 3. The Morgan fingerprint density at radius 2 is 1.65 bits per heavy atom. The van der Waals surface area contributed by atoms with Crippen molar-refractivity contribution in [2.75, 3.05) is 0 Å². The first-order valence-corrected chi connectivity index (χ1v) is 10.8. The van der Waals surface area contributed by atoms with Crippen LogP contribution in [0.15, 0.2) is 102 Å². The van der Waals surface area contributed by atoms with E-state index in [1.165, 1.54) is 12.3 Å². The van der Waals surface area contributed by atoms with Gasteiger partial charge in [-0.15, -0.1) is 0 Å². The highest BCUT2D eigenvalue weighted by molar-refractivity contribution is 5.95. The number of aromatic nitrogens is 2. The van der Waals surface area contributed by atoms with Crippen molar-refractivity contribution in [2.45, 2.75) is 6.92 Å². The molecule has 1 amide bonds. The number of fused-ring (bicyclic) bond motifs is 1. The van der Waals surface area contributed by atoms with Crippen molar-refractivity contribution in [1.82, 2.24) is 15.2 Å². The molecule has 0 aliphatic rings. The standard InChI is InChI=1S/C28H21FN4O/c1-19-8-2-7-13-26(19)33-27(22-15-14-20-9-3-4-10-21(20)16-22)17-25(32-33)28(34)31-30-18-23-11-5-6-12-24(23)29/h2-18H,1H3,(H,31,34)/b30-18-. The monoisotopic (exact) mass is 448 g/mol. The number of hydrogen-bond donors (Lipinski definition) is 1. The topological polar surface area (TPSA) is 59.3 Å². The molecule has 1 aromatic heterocycles. The van der Waals surface area contributed by atoms with Gasteiger partial charge in [-0.25, -0.2) is 14.5 Å². The quantitative estimate of drug-likeness (QED) is 0.269. The van der Waals surface area contributed by atoms with E-state index in [1.54, 1.807) is 28.9 Å². The summed E-state index contributed by atoms with van der Waals surface area (Å²) in [7, 11) is 0. The Balaban J connectivity index is 1.53. The second-order valence-electron chi connectivity index (χ2n) is 7.90. The maximum absolute atomic E-state index is 13.8.